The molecule has 0 unspecified atom stereocenters. The third kappa shape index (κ3) is 4.34. The summed E-state index contributed by atoms with van der Waals surface area (Å²) >= 11 is 0. The van der Waals surface area contributed by atoms with Crippen LogP contribution < -0.4 is 10.9 Å². The zero-order valence-corrected chi connectivity index (χ0v) is 15.4. The van der Waals surface area contributed by atoms with Crippen LogP contribution in [0.25, 0.3) is 0 Å². The molecule has 1 aromatic carbocycles. The topological polar surface area (TPSA) is 99.3 Å². The Labute approximate surface area is 146 Å². The zero-order chi connectivity index (χ0) is 18.8. The summed E-state index contributed by atoms with van der Waals surface area (Å²) in [6, 6.07) is 7.93. The van der Waals surface area contributed by atoms with E-state index in [9.17, 15) is 18.0 Å². The average molecular weight is 363 g/mol. The Morgan fingerprint density at radius 1 is 1.12 bits per heavy atom. The minimum absolute atomic E-state index is 0.0765. The number of aryl methyl sites for hydroxylation is 3. The number of rotatable bonds is 5. The third-order valence-electron chi connectivity index (χ3n) is 3.88. The highest BCUT2D eigenvalue weighted by molar-refractivity contribution is 7.89. The molecule has 25 heavy (non-hydrogen) atoms. The van der Waals surface area contributed by atoms with E-state index in [4.69, 9.17) is 0 Å². The smallest absolute Gasteiger partial charge is 0.271 e. The lowest BCUT2D eigenvalue weighted by Crippen LogP contribution is -2.35. The van der Waals surface area contributed by atoms with Gasteiger partial charge in [-0.25, -0.2) is 8.42 Å². The molecule has 1 amide bonds. The standard InChI is InChI=1S/C17H21N3O4S/c1-11-5-7-14(9-12(11)2)25(23,24)20(4)10-16(21)19-15-8-6-13(3)18-17(15)22/h5-9H,10H2,1-4H3,(H,18,22)(H,19,21). The van der Waals surface area contributed by atoms with Crippen molar-refractivity contribution in [2.75, 3.05) is 18.9 Å². The average Bonchev–Trinajstić information content (AvgIpc) is 2.52. The number of nitrogens with zero attached hydrogens (tertiary/aromatic N) is 1. The fourth-order valence-corrected chi connectivity index (χ4v) is 3.41. The number of nitrogens with one attached hydrogen (secondary N) is 2. The van der Waals surface area contributed by atoms with E-state index < -0.39 is 28.0 Å². The number of amides is 1. The van der Waals surface area contributed by atoms with Crippen LogP contribution in [0.2, 0.25) is 0 Å². The maximum absolute atomic E-state index is 12.6. The van der Waals surface area contributed by atoms with E-state index in [1.807, 2.05) is 13.8 Å². The summed E-state index contributed by atoms with van der Waals surface area (Å²) in [7, 11) is -2.47. The molecule has 0 saturated heterocycles. The SMILES string of the molecule is Cc1ccc(NC(=O)CN(C)S(=O)(=O)c2ccc(C)c(C)c2)c(=O)[nH]1. The predicted octanol–water partition coefficient (Wildman–Crippen LogP) is 1.56. The fraction of sp³-hybridized carbons (Fsp3) is 0.294. The summed E-state index contributed by atoms with van der Waals surface area (Å²) < 4.78 is 26.1. The van der Waals surface area contributed by atoms with Crippen LogP contribution >= 0.6 is 0 Å². The van der Waals surface area contributed by atoms with Crippen LogP contribution in [0.15, 0.2) is 40.0 Å². The highest BCUT2D eigenvalue weighted by Crippen LogP contribution is 2.18. The molecule has 0 radical (unpaired) electrons. The van der Waals surface area contributed by atoms with Gasteiger partial charge in [-0.3, -0.25) is 9.59 Å². The van der Waals surface area contributed by atoms with Crippen LogP contribution in [0.3, 0.4) is 0 Å². The maximum Gasteiger partial charge on any atom is 0.271 e. The Morgan fingerprint density at radius 3 is 2.40 bits per heavy atom. The number of benzene rings is 1. The van der Waals surface area contributed by atoms with Crippen LogP contribution in [-0.2, 0) is 14.8 Å². The molecule has 2 N–H and O–H groups in total. The summed E-state index contributed by atoms with van der Waals surface area (Å²) in [5.41, 5.74) is 2.14. The van der Waals surface area contributed by atoms with Gasteiger partial charge in [0.05, 0.1) is 11.4 Å². The van der Waals surface area contributed by atoms with Gasteiger partial charge in [-0.15, -0.1) is 0 Å². The first kappa shape index (κ1) is 18.9. The van der Waals surface area contributed by atoms with Gasteiger partial charge < -0.3 is 10.3 Å². The molecule has 0 fully saturated rings. The molecular formula is C17H21N3O4S. The predicted molar refractivity (Wildman–Crippen MR) is 96.2 cm³/mol. The second-order valence-corrected chi connectivity index (χ2v) is 7.98. The summed E-state index contributed by atoms with van der Waals surface area (Å²) in [6.45, 7) is 5.03. The van der Waals surface area contributed by atoms with Crippen molar-refractivity contribution in [1.82, 2.24) is 9.29 Å². The van der Waals surface area contributed by atoms with E-state index >= 15 is 0 Å². The molecule has 0 saturated carbocycles. The molecule has 8 heteroatoms. The molecule has 2 aromatic rings. The van der Waals surface area contributed by atoms with Crippen LogP contribution in [0.4, 0.5) is 5.69 Å². The van der Waals surface area contributed by atoms with Gasteiger partial charge in [-0.2, -0.15) is 4.31 Å². The van der Waals surface area contributed by atoms with E-state index in [-0.39, 0.29) is 10.6 Å². The number of aromatic nitrogens is 1. The van der Waals surface area contributed by atoms with Crippen molar-refractivity contribution in [3.63, 3.8) is 0 Å². The molecule has 134 valence electrons. The Morgan fingerprint density at radius 2 is 1.80 bits per heavy atom. The minimum atomic E-state index is -3.80. The summed E-state index contributed by atoms with van der Waals surface area (Å²) in [4.78, 5) is 26.5. The van der Waals surface area contributed by atoms with Gasteiger partial charge in [0, 0.05) is 12.7 Å². The minimum Gasteiger partial charge on any atom is -0.325 e. The zero-order valence-electron chi connectivity index (χ0n) is 14.6. The van der Waals surface area contributed by atoms with E-state index in [2.05, 4.69) is 10.3 Å². The van der Waals surface area contributed by atoms with E-state index in [1.54, 1.807) is 25.1 Å². The second kappa shape index (κ2) is 7.20. The first-order chi connectivity index (χ1) is 11.6. The number of hydrogen-bond acceptors (Lipinski definition) is 4. The van der Waals surface area contributed by atoms with Gasteiger partial charge in [0.15, 0.2) is 0 Å². The van der Waals surface area contributed by atoms with Crippen molar-refractivity contribution in [1.29, 1.82) is 0 Å². The van der Waals surface area contributed by atoms with Crippen molar-refractivity contribution in [2.45, 2.75) is 25.7 Å². The molecule has 0 aliphatic heterocycles. The first-order valence-corrected chi connectivity index (χ1v) is 9.08. The molecule has 1 aromatic heterocycles. The van der Waals surface area contributed by atoms with Crippen LogP contribution in [0.1, 0.15) is 16.8 Å². The summed E-state index contributed by atoms with van der Waals surface area (Å²) in [5, 5.41) is 2.42. The molecule has 0 bridgehead atoms. The number of carbonyl (C=O) groups is 1. The summed E-state index contributed by atoms with van der Waals surface area (Å²) in [5.74, 6) is -0.593. The van der Waals surface area contributed by atoms with E-state index in [0.717, 1.165) is 15.4 Å². The lowest BCUT2D eigenvalue weighted by Gasteiger charge is -2.17. The fourth-order valence-electron chi connectivity index (χ4n) is 2.20. The van der Waals surface area contributed by atoms with Crippen molar-refractivity contribution < 1.29 is 13.2 Å². The number of hydrogen-bond donors (Lipinski definition) is 2. The normalized spacial score (nSPS) is 11.6. The number of likely N-dealkylation sites (N-methyl/N-ethyl adjacent to an activating group) is 1. The highest BCUT2D eigenvalue weighted by atomic mass is 32.2. The number of sulfonamides is 1. The Bertz CT molecular complexity index is 964. The number of pyridine rings is 1. The molecule has 7 nitrogen and oxygen atoms in total. The highest BCUT2D eigenvalue weighted by Gasteiger charge is 2.23. The van der Waals surface area contributed by atoms with Crippen LogP contribution in [-0.4, -0.2) is 37.2 Å². The van der Waals surface area contributed by atoms with Crippen molar-refractivity contribution in [2.24, 2.45) is 0 Å². The number of carbonyl (C=O) groups excluding carboxylic acids is 1. The van der Waals surface area contributed by atoms with Gasteiger partial charge in [0.1, 0.15) is 5.69 Å². The maximum atomic E-state index is 12.6. The van der Waals surface area contributed by atoms with E-state index in [0.29, 0.717) is 5.69 Å². The molecule has 2 rings (SSSR count). The molecular weight excluding hydrogens is 342 g/mol. The molecule has 0 spiro atoms. The van der Waals surface area contributed by atoms with Gasteiger partial charge in [-0.05, 0) is 56.2 Å². The van der Waals surface area contributed by atoms with Crippen molar-refractivity contribution in [3.05, 3.63) is 57.5 Å². The first-order valence-electron chi connectivity index (χ1n) is 7.64. The molecule has 0 aliphatic rings. The van der Waals surface area contributed by atoms with Crippen LogP contribution in [0, 0.1) is 20.8 Å². The lowest BCUT2D eigenvalue weighted by atomic mass is 10.1. The Kier molecular flexibility index (Phi) is 5.44. The number of H-pyrrole nitrogens is 1. The van der Waals surface area contributed by atoms with Gasteiger partial charge in [0.2, 0.25) is 15.9 Å². The van der Waals surface area contributed by atoms with Gasteiger partial charge in [0.25, 0.3) is 5.56 Å². The third-order valence-corrected chi connectivity index (χ3v) is 5.68. The number of aromatic amines is 1. The van der Waals surface area contributed by atoms with Gasteiger partial charge >= 0.3 is 0 Å². The molecule has 1 heterocycles. The largest absolute Gasteiger partial charge is 0.325 e. The monoisotopic (exact) mass is 363 g/mol. The Balaban J connectivity index is 2.14. The molecule has 0 atom stereocenters. The second-order valence-electron chi connectivity index (χ2n) is 5.94. The summed E-state index contributed by atoms with van der Waals surface area (Å²) in [6.07, 6.45) is 0. The quantitative estimate of drug-likeness (QED) is 0.842. The van der Waals surface area contributed by atoms with Crippen molar-refractivity contribution >= 4 is 21.6 Å². The molecule has 0 aliphatic carbocycles. The van der Waals surface area contributed by atoms with Gasteiger partial charge in [-0.1, -0.05) is 6.07 Å². The van der Waals surface area contributed by atoms with E-state index in [1.165, 1.54) is 19.2 Å². The lowest BCUT2D eigenvalue weighted by molar-refractivity contribution is -0.116. The number of anilines is 1. The van der Waals surface area contributed by atoms with Crippen LogP contribution in [0.5, 0.6) is 0 Å². The van der Waals surface area contributed by atoms with Crippen molar-refractivity contribution in [3.8, 4) is 0 Å². The Hall–Kier alpha value is -2.45.